The number of rotatable bonds is 5. The molecule has 2 fully saturated rings. The third kappa shape index (κ3) is 4.62. The summed E-state index contributed by atoms with van der Waals surface area (Å²) in [6.45, 7) is 8.33. The molecule has 1 aromatic carbocycles. The van der Waals surface area contributed by atoms with Crippen LogP contribution in [0.25, 0.3) is 0 Å². The van der Waals surface area contributed by atoms with Gasteiger partial charge in [0.05, 0.1) is 6.61 Å². The summed E-state index contributed by atoms with van der Waals surface area (Å²) in [6, 6.07) is 9.03. The molecule has 0 aromatic heterocycles. The first kappa shape index (κ1) is 18.4. The maximum absolute atomic E-state index is 12.1. The van der Waals surface area contributed by atoms with E-state index >= 15 is 0 Å². The molecule has 2 aliphatic heterocycles. The number of piperidine rings is 1. The van der Waals surface area contributed by atoms with Crippen LogP contribution in [0.2, 0.25) is 0 Å². The summed E-state index contributed by atoms with van der Waals surface area (Å²) in [5.41, 5.74) is 2.36. The monoisotopic (exact) mass is 344 g/mol. The number of aliphatic hydroxyl groups is 1. The fraction of sp³-hybridized carbons (Fsp3) is 0.667. The van der Waals surface area contributed by atoms with Gasteiger partial charge in [-0.3, -0.25) is 9.69 Å². The van der Waals surface area contributed by atoms with Crippen LogP contribution in [0.15, 0.2) is 24.3 Å². The van der Waals surface area contributed by atoms with Gasteiger partial charge in [0.25, 0.3) is 0 Å². The Bertz CT molecular complexity index is 562. The molecule has 3 rings (SSSR count). The molecule has 4 heteroatoms. The van der Waals surface area contributed by atoms with Gasteiger partial charge in [-0.25, -0.2) is 0 Å². The third-order valence-corrected chi connectivity index (χ3v) is 5.83. The first-order chi connectivity index (χ1) is 12.1. The lowest BCUT2D eigenvalue weighted by Crippen LogP contribution is -2.47. The highest BCUT2D eigenvalue weighted by Gasteiger charge is 2.32. The molecule has 2 heterocycles. The number of carbonyl (C=O) groups excluding carboxylic acids is 1. The molecule has 1 aromatic rings. The van der Waals surface area contributed by atoms with Gasteiger partial charge >= 0.3 is 0 Å². The van der Waals surface area contributed by atoms with Crippen molar-refractivity contribution in [2.75, 3.05) is 26.2 Å². The average Bonchev–Trinajstić information content (AvgIpc) is 3.10. The second kappa shape index (κ2) is 8.33. The van der Waals surface area contributed by atoms with Gasteiger partial charge in [-0.05, 0) is 49.3 Å². The molecule has 0 spiro atoms. The maximum Gasteiger partial charge on any atom is 0.225 e. The summed E-state index contributed by atoms with van der Waals surface area (Å²) >= 11 is 0. The molecule has 138 valence electrons. The fourth-order valence-electron chi connectivity index (χ4n) is 4.29. The summed E-state index contributed by atoms with van der Waals surface area (Å²) in [5.74, 6) is 1.16. The molecule has 0 saturated carbocycles. The lowest BCUT2D eigenvalue weighted by Gasteiger charge is -2.37. The summed E-state index contributed by atoms with van der Waals surface area (Å²) in [6.07, 6.45) is 4.65. The predicted octanol–water partition coefficient (Wildman–Crippen LogP) is 2.69. The van der Waals surface area contributed by atoms with Gasteiger partial charge in [0.2, 0.25) is 5.91 Å². The molecule has 1 atom stereocenters. The molecule has 1 unspecified atom stereocenters. The molecular weight excluding hydrogens is 312 g/mol. The van der Waals surface area contributed by atoms with E-state index in [1.807, 2.05) is 26.0 Å². The number of nitrogens with zero attached hydrogens (tertiary/aromatic N) is 2. The minimum atomic E-state index is 0.116. The normalized spacial score (nSPS) is 22.7. The van der Waals surface area contributed by atoms with E-state index in [-0.39, 0.29) is 12.5 Å². The van der Waals surface area contributed by atoms with Crippen molar-refractivity contribution in [2.45, 2.75) is 52.2 Å². The second-order valence-corrected chi connectivity index (χ2v) is 8.04. The Morgan fingerprint density at radius 1 is 1.08 bits per heavy atom. The molecule has 0 bridgehead atoms. The number of benzene rings is 1. The molecule has 2 aliphatic rings. The van der Waals surface area contributed by atoms with Crippen molar-refractivity contribution in [3.8, 4) is 0 Å². The first-order valence-corrected chi connectivity index (χ1v) is 9.78. The number of amides is 1. The van der Waals surface area contributed by atoms with Crippen LogP contribution in [-0.4, -0.2) is 53.0 Å². The van der Waals surface area contributed by atoms with E-state index < -0.39 is 0 Å². The minimum Gasteiger partial charge on any atom is -0.392 e. The molecule has 2 saturated heterocycles. The van der Waals surface area contributed by atoms with E-state index in [4.69, 9.17) is 5.11 Å². The van der Waals surface area contributed by atoms with Crippen LogP contribution in [0.1, 0.15) is 44.2 Å². The van der Waals surface area contributed by atoms with Crippen molar-refractivity contribution in [1.29, 1.82) is 0 Å². The molecule has 0 radical (unpaired) electrons. The zero-order valence-corrected chi connectivity index (χ0v) is 15.7. The number of aliphatic hydroxyl groups excluding tert-OH is 1. The Kier molecular flexibility index (Phi) is 6.13. The van der Waals surface area contributed by atoms with Crippen LogP contribution in [-0.2, 0) is 17.8 Å². The second-order valence-electron chi connectivity index (χ2n) is 8.04. The third-order valence-electron chi connectivity index (χ3n) is 5.83. The largest absolute Gasteiger partial charge is 0.392 e. The SMILES string of the molecule is CC(C)C(=O)N1CCC(N2CCC(Cc3ccc(CO)cc3)C2)CC1. The zero-order chi connectivity index (χ0) is 17.8. The van der Waals surface area contributed by atoms with Gasteiger partial charge in [0, 0.05) is 31.6 Å². The Balaban J connectivity index is 1.46. The van der Waals surface area contributed by atoms with Gasteiger partial charge < -0.3 is 10.0 Å². The maximum atomic E-state index is 12.1. The highest BCUT2D eigenvalue weighted by atomic mass is 16.3. The van der Waals surface area contributed by atoms with Gasteiger partial charge in [-0.1, -0.05) is 38.1 Å². The molecule has 25 heavy (non-hydrogen) atoms. The van der Waals surface area contributed by atoms with E-state index in [9.17, 15) is 4.79 Å². The summed E-state index contributed by atoms with van der Waals surface area (Å²) in [5, 5.41) is 9.14. The number of likely N-dealkylation sites (tertiary alicyclic amines) is 2. The van der Waals surface area contributed by atoms with E-state index in [2.05, 4.69) is 21.9 Å². The van der Waals surface area contributed by atoms with E-state index in [0.29, 0.717) is 11.9 Å². The fourth-order valence-corrected chi connectivity index (χ4v) is 4.29. The molecular formula is C21H32N2O2. The van der Waals surface area contributed by atoms with Gasteiger partial charge in [0.1, 0.15) is 0 Å². The molecule has 1 N–H and O–H groups in total. The van der Waals surface area contributed by atoms with Crippen molar-refractivity contribution < 1.29 is 9.90 Å². The van der Waals surface area contributed by atoms with E-state index in [0.717, 1.165) is 43.8 Å². The zero-order valence-electron chi connectivity index (χ0n) is 15.7. The first-order valence-electron chi connectivity index (χ1n) is 9.78. The summed E-state index contributed by atoms with van der Waals surface area (Å²) < 4.78 is 0. The minimum absolute atomic E-state index is 0.116. The van der Waals surface area contributed by atoms with E-state index in [1.165, 1.54) is 25.1 Å². The van der Waals surface area contributed by atoms with Crippen LogP contribution in [0.4, 0.5) is 0 Å². The topological polar surface area (TPSA) is 43.8 Å². The smallest absolute Gasteiger partial charge is 0.225 e. The summed E-state index contributed by atoms with van der Waals surface area (Å²) in [7, 11) is 0. The number of carbonyl (C=O) groups is 1. The Morgan fingerprint density at radius 3 is 2.32 bits per heavy atom. The average molecular weight is 344 g/mol. The van der Waals surface area contributed by atoms with E-state index in [1.54, 1.807) is 0 Å². The number of hydrogen-bond donors (Lipinski definition) is 1. The predicted molar refractivity (Wildman–Crippen MR) is 100 cm³/mol. The van der Waals surface area contributed by atoms with Crippen molar-refractivity contribution in [1.82, 2.24) is 9.80 Å². The number of hydrogen-bond acceptors (Lipinski definition) is 3. The Hall–Kier alpha value is -1.39. The molecule has 1 amide bonds. The Morgan fingerprint density at radius 2 is 1.72 bits per heavy atom. The van der Waals surface area contributed by atoms with Gasteiger partial charge in [-0.15, -0.1) is 0 Å². The van der Waals surface area contributed by atoms with Gasteiger partial charge in [-0.2, -0.15) is 0 Å². The summed E-state index contributed by atoms with van der Waals surface area (Å²) in [4.78, 5) is 16.8. The molecule has 0 aliphatic carbocycles. The van der Waals surface area contributed by atoms with Crippen molar-refractivity contribution in [3.05, 3.63) is 35.4 Å². The van der Waals surface area contributed by atoms with Crippen molar-refractivity contribution in [3.63, 3.8) is 0 Å². The van der Waals surface area contributed by atoms with Crippen LogP contribution in [0.5, 0.6) is 0 Å². The quantitative estimate of drug-likeness (QED) is 0.893. The highest BCUT2D eigenvalue weighted by Crippen LogP contribution is 2.27. The Labute approximate surface area is 151 Å². The van der Waals surface area contributed by atoms with Crippen LogP contribution in [0.3, 0.4) is 0 Å². The van der Waals surface area contributed by atoms with Crippen LogP contribution in [0, 0.1) is 11.8 Å². The molecule has 4 nitrogen and oxygen atoms in total. The lowest BCUT2D eigenvalue weighted by molar-refractivity contribution is -0.136. The standard InChI is InChI=1S/C21H32N2O2/c1-16(2)21(25)22-11-8-20(9-12-22)23-10-7-19(14-23)13-17-3-5-18(15-24)6-4-17/h3-6,16,19-20,24H,7-15H2,1-2H3. The van der Waals surface area contributed by atoms with Crippen LogP contribution < -0.4 is 0 Å². The lowest BCUT2D eigenvalue weighted by atomic mass is 9.97. The highest BCUT2D eigenvalue weighted by molar-refractivity contribution is 5.78. The van der Waals surface area contributed by atoms with Crippen molar-refractivity contribution in [2.24, 2.45) is 11.8 Å². The van der Waals surface area contributed by atoms with Gasteiger partial charge in [0.15, 0.2) is 0 Å². The van der Waals surface area contributed by atoms with Crippen molar-refractivity contribution >= 4 is 5.91 Å². The van der Waals surface area contributed by atoms with Crippen LogP contribution >= 0.6 is 0 Å².